The summed E-state index contributed by atoms with van der Waals surface area (Å²) in [6, 6.07) is 18.3. The first-order valence-electron chi connectivity index (χ1n) is 9.41. The lowest BCUT2D eigenvalue weighted by molar-refractivity contribution is -0.118. The highest BCUT2D eigenvalue weighted by Gasteiger charge is 2.12. The molecule has 1 aromatic heterocycles. The zero-order chi connectivity index (χ0) is 19.8. The molecular formula is C22H26N4OS. The predicted molar refractivity (Wildman–Crippen MR) is 118 cm³/mol. The molecule has 0 aliphatic heterocycles. The quantitative estimate of drug-likeness (QED) is 0.321. The smallest absolute Gasteiger partial charge is 0.230 e. The predicted octanol–water partition coefficient (Wildman–Crippen LogP) is 3.96. The fourth-order valence-electron chi connectivity index (χ4n) is 3.01. The van der Waals surface area contributed by atoms with Gasteiger partial charge in [0, 0.05) is 32.4 Å². The first-order chi connectivity index (χ1) is 13.7. The van der Waals surface area contributed by atoms with Crippen LogP contribution in [0.5, 0.6) is 0 Å². The molecule has 0 saturated carbocycles. The second kappa shape index (κ2) is 9.99. The fourth-order valence-corrected chi connectivity index (χ4v) is 3.86. The van der Waals surface area contributed by atoms with Crippen molar-refractivity contribution in [3.8, 4) is 0 Å². The molecule has 28 heavy (non-hydrogen) atoms. The second-order valence-corrected chi connectivity index (χ2v) is 7.47. The van der Waals surface area contributed by atoms with Crippen molar-refractivity contribution in [2.75, 3.05) is 30.8 Å². The van der Waals surface area contributed by atoms with Crippen LogP contribution in [0.25, 0.3) is 11.0 Å². The molecule has 1 N–H and O–H groups in total. The standard InChI is InChI=1S/C22H26N4OS/c1-3-15-26-20-13-8-7-12-19(20)24-22(26)28-17-21(27)23-14-9-16-25(2)18-10-5-4-6-11-18/h3-8,10-13H,1,9,14-17H2,2H3,(H,23,27). The van der Waals surface area contributed by atoms with E-state index in [0.717, 1.165) is 29.2 Å². The van der Waals surface area contributed by atoms with Crippen molar-refractivity contribution in [3.05, 3.63) is 67.3 Å². The van der Waals surface area contributed by atoms with Crippen molar-refractivity contribution in [1.29, 1.82) is 0 Å². The van der Waals surface area contributed by atoms with Crippen LogP contribution in [0.1, 0.15) is 6.42 Å². The van der Waals surface area contributed by atoms with Crippen LogP contribution in [0.3, 0.4) is 0 Å². The van der Waals surface area contributed by atoms with Crippen molar-refractivity contribution in [1.82, 2.24) is 14.9 Å². The first kappa shape index (κ1) is 20.0. The summed E-state index contributed by atoms with van der Waals surface area (Å²) in [7, 11) is 2.07. The summed E-state index contributed by atoms with van der Waals surface area (Å²) < 4.78 is 2.09. The number of carbonyl (C=O) groups is 1. The van der Waals surface area contributed by atoms with Gasteiger partial charge in [-0.25, -0.2) is 4.98 Å². The number of para-hydroxylation sites is 3. The van der Waals surface area contributed by atoms with Crippen molar-refractivity contribution in [2.45, 2.75) is 18.1 Å². The number of amides is 1. The van der Waals surface area contributed by atoms with Crippen LogP contribution >= 0.6 is 11.8 Å². The summed E-state index contributed by atoms with van der Waals surface area (Å²) in [4.78, 5) is 19.1. The van der Waals surface area contributed by atoms with E-state index in [9.17, 15) is 4.79 Å². The lowest BCUT2D eigenvalue weighted by Gasteiger charge is -2.19. The maximum atomic E-state index is 12.2. The number of thioether (sulfide) groups is 1. The summed E-state index contributed by atoms with van der Waals surface area (Å²) in [5.74, 6) is 0.388. The molecule has 0 aliphatic rings. The van der Waals surface area contributed by atoms with Crippen LogP contribution in [0.4, 0.5) is 5.69 Å². The van der Waals surface area contributed by atoms with E-state index < -0.39 is 0 Å². The maximum Gasteiger partial charge on any atom is 0.230 e. The summed E-state index contributed by atoms with van der Waals surface area (Å²) >= 11 is 1.46. The van der Waals surface area contributed by atoms with Gasteiger partial charge in [-0.1, -0.05) is 48.2 Å². The van der Waals surface area contributed by atoms with E-state index in [1.807, 2.05) is 48.5 Å². The minimum atomic E-state index is 0.0320. The molecule has 0 fully saturated rings. The average molecular weight is 395 g/mol. The van der Waals surface area contributed by atoms with Crippen LogP contribution in [0, 0.1) is 0 Å². The Kier molecular flexibility index (Phi) is 7.14. The fraction of sp³-hybridized carbons (Fsp3) is 0.273. The van der Waals surface area contributed by atoms with Crippen molar-refractivity contribution < 1.29 is 4.79 Å². The summed E-state index contributed by atoms with van der Waals surface area (Å²) in [5, 5.41) is 3.85. The third kappa shape index (κ3) is 5.16. The summed E-state index contributed by atoms with van der Waals surface area (Å²) in [6.45, 7) is 6.06. The van der Waals surface area contributed by atoms with Crippen LogP contribution in [-0.2, 0) is 11.3 Å². The molecule has 0 spiro atoms. The zero-order valence-electron chi connectivity index (χ0n) is 16.2. The Hall–Kier alpha value is -2.73. The third-order valence-electron chi connectivity index (χ3n) is 4.45. The number of allylic oxidation sites excluding steroid dienone is 1. The highest BCUT2D eigenvalue weighted by molar-refractivity contribution is 7.99. The molecule has 1 heterocycles. The number of aromatic nitrogens is 2. The number of benzene rings is 2. The number of nitrogens with one attached hydrogen (secondary N) is 1. The normalized spacial score (nSPS) is 10.8. The van der Waals surface area contributed by atoms with E-state index in [0.29, 0.717) is 18.8 Å². The summed E-state index contributed by atoms with van der Waals surface area (Å²) in [6.07, 6.45) is 2.75. The number of nitrogens with zero attached hydrogens (tertiary/aromatic N) is 3. The number of hydrogen-bond acceptors (Lipinski definition) is 4. The number of anilines is 1. The van der Waals surface area contributed by atoms with Gasteiger partial charge in [0.2, 0.25) is 5.91 Å². The van der Waals surface area contributed by atoms with E-state index in [1.165, 1.54) is 17.4 Å². The number of carbonyl (C=O) groups excluding carboxylic acids is 1. The number of rotatable bonds is 10. The number of fused-ring (bicyclic) bond motifs is 1. The van der Waals surface area contributed by atoms with Gasteiger partial charge in [-0.3, -0.25) is 4.79 Å². The van der Waals surface area contributed by atoms with Crippen molar-refractivity contribution in [2.24, 2.45) is 0 Å². The van der Waals surface area contributed by atoms with Gasteiger partial charge in [0.15, 0.2) is 5.16 Å². The Bertz CT molecular complexity index is 923. The Balaban J connectivity index is 1.45. The van der Waals surface area contributed by atoms with E-state index in [1.54, 1.807) is 0 Å². The van der Waals surface area contributed by atoms with Crippen molar-refractivity contribution >= 4 is 34.4 Å². The second-order valence-electron chi connectivity index (χ2n) is 6.53. The monoisotopic (exact) mass is 394 g/mol. The third-order valence-corrected chi connectivity index (χ3v) is 5.43. The van der Waals surface area contributed by atoms with Gasteiger partial charge in [0.1, 0.15) is 0 Å². The molecular weight excluding hydrogens is 368 g/mol. The van der Waals surface area contributed by atoms with Crippen LogP contribution < -0.4 is 10.2 Å². The van der Waals surface area contributed by atoms with Gasteiger partial charge in [-0.05, 0) is 30.7 Å². The first-order valence-corrected chi connectivity index (χ1v) is 10.4. The highest BCUT2D eigenvalue weighted by Crippen LogP contribution is 2.24. The van der Waals surface area contributed by atoms with Gasteiger partial charge < -0.3 is 14.8 Å². The minimum Gasteiger partial charge on any atom is -0.375 e. The molecule has 0 radical (unpaired) electrons. The van der Waals surface area contributed by atoms with Crippen LogP contribution in [-0.4, -0.2) is 41.3 Å². The number of imidazole rings is 1. The molecule has 0 bridgehead atoms. The lowest BCUT2D eigenvalue weighted by atomic mass is 10.3. The number of hydrogen-bond donors (Lipinski definition) is 1. The lowest BCUT2D eigenvalue weighted by Crippen LogP contribution is -2.29. The van der Waals surface area contributed by atoms with Gasteiger partial charge in [-0.15, -0.1) is 6.58 Å². The molecule has 2 aromatic carbocycles. The molecule has 0 saturated heterocycles. The molecule has 146 valence electrons. The Labute approximate surface area is 170 Å². The highest BCUT2D eigenvalue weighted by atomic mass is 32.2. The topological polar surface area (TPSA) is 50.2 Å². The Morgan fingerprint density at radius 3 is 2.75 bits per heavy atom. The average Bonchev–Trinajstić information content (AvgIpc) is 3.08. The van der Waals surface area contributed by atoms with Gasteiger partial charge in [-0.2, -0.15) is 0 Å². The molecule has 0 atom stereocenters. The molecule has 5 nitrogen and oxygen atoms in total. The van der Waals surface area contributed by atoms with Crippen LogP contribution in [0.2, 0.25) is 0 Å². The van der Waals surface area contributed by atoms with E-state index >= 15 is 0 Å². The van der Waals surface area contributed by atoms with Crippen LogP contribution in [0.15, 0.2) is 72.4 Å². The Morgan fingerprint density at radius 2 is 1.96 bits per heavy atom. The SMILES string of the molecule is C=CCn1c(SCC(=O)NCCCN(C)c2ccccc2)nc2ccccc21. The summed E-state index contributed by atoms with van der Waals surface area (Å²) in [5.41, 5.74) is 3.19. The van der Waals surface area contributed by atoms with E-state index in [2.05, 4.69) is 45.5 Å². The van der Waals surface area contributed by atoms with E-state index in [-0.39, 0.29) is 5.91 Å². The Morgan fingerprint density at radius 1 is 1.21 bits per heavy atom. The van der Waals surface area contributed by atoms with Gasteiger partial charge in [0.05, 0.1) is 16.8 Å². The molecule has 0 aliphatic carbocycles. The van der Waals surface area contributed by atoms with Crippen molar-refractivity contribution in [3.63, 3.8) is 0 Å². The molecule has 1 amide bonds. The maximum absolute atomic E-state index is 12.2. The molecule has 0 unspecified atom stereocenters. The molecule has 6 heteroatoms. The molecule has 3 aromatic rings. The zero-order valence-corrected chi connectivity index (χ0v) is 17.0. The van der Waals surface area contributed by atoms with Gasteiger partial charge in [0.25, 0.3) is 0 Å². The molecule has 3 rings (SSSR count). The van der Waals surface area contributed by atoms with Gasteiger partial charge >= 0.3 is 0 Å². The van der Waals surface area contributed by atoms with E-state index in [4.69, 9.17) is 0 Å². The largest absolute Gasteiger partial charge is 0.375 e. The minimum absolute atomic E-state index is 0.0320.